The van der Waals surface area contributed by atoms with Crippen LogP contribution in [0.4, 0.5) is 5.69 Å². The van der Waals surface area contributed by atoms with Gasteiger partial charge in [-0.25, -0.2) is 0 Å². The maximum atomic E-state index is 6.95. The van der Waals surface area contributed by atoms with Crippen molar-refractivity contribution in [2.75, 3.05) is 12.3 Å². The van der Waals surface area contributed by atoms with Gasteiger partial charge in [0.1, 0.15) is 0 Å². The largest absolute Gasteiger partial charge is 0.388 e. The molecule has 1 aromatic carbocycles. The SMILES string of the molecule is [2H]C([2H])([2H])Nc1ccc(C)cc1. The first-order chi connectivity index (χ1) is 5.47. The fourth-order valence-corrected chi connectivity index (χ4v) is 0.637. The van der Waals surface area contributed by atoms with Crippen molar-refractivity contribution in [1.29, 1.82) is 0 Å². The van der Waals surface area contributed by atoms with Gasteiger partial charge in [0, 0.05) is 16.8 Å². The molecule has 1 nitrogen and oxygen atoms in total. The van der Waals surface area contributed by atoms with Crippen LogP contribution in [0.2, 0.25) is 0 Å². The predicted octanol–water partition coefficient (Wildman–Crippen LogP) is 2.04. The molecule has 0 radical (unpaired) electrons. The zero-order valence-corrected chi connectivity index (χ0v) is 5.31. The molecule has 1 N–H and O–H groups in total. The molecule has 48 valence electrons. The van der Waals surface area contributed by atoms with Crippen LogP contribution in [0.15, 0.2) is 24.3 Å². The van der Waals surface area contributed by atoms with Gasteiger partial charge in [0.2, 0.25) is 0 Å². The van der Waals surface area contributed by atoms with Crippen molar-refractivity contribution in [2.24, 2.45) is 0 Å². The van der Waals surface area contributed by atoms with E-state index in [1.54, 1.807) is 12.1 Å². The van der Waals surface area contributed by atoms with E-state index in [0.29, 0.717) is 5.69 Å². The Balaban J connectivity index is 2.71. The van der Waals surface area contributed by atoms with Crippen molar-refractivity contribution >= 4 is 5.69 Å². The van der Waals surface area contributed by atoms with Gasteiger partial charge in [-0.05, 0) is 19.1 Å². The van der Waals surface area contributed by atoms with E-state index in [2.05, 4.69) is 5.32 Å². The number of aryl methyl sites for hydroxylation is 1. The summed E-state index contributed by atoms with van der Waals surface area (Å²) in [6, 6.07) is 7.24. The highest BCUT2D eigenvalue weighted by molar-refractivity contribution is 5.43. The second-order valence-corrected chi connectivity index (χ2v) is 1.99. The Bertz CT molecular complexity index is 250. The van der Waals surface area contributed by atoms with Crippen LogP contribution in [0.1, 0.15) is 9.68 Å². The van der Waals surface area contributed by atoms with E-state index >= 15 is 0 Å². The summed E-state index contributed by atoms with van der Waals surface area (Å²) in [6.07, 6.45) is 0. The molecule has 9 heavy (non-hydrogen) atoms. The zero-order valence-electron chi connectivity index (χ0n) is 8.31. The van der Waals surface area contributed by atoms with Gasteiger partial charge in [-0.1, -0.05) is 17.7 Å². The Labute approximate surface area is 59.9 Å². The number of hydrogen-bond donors (Lipinski definition) is 1. The summed E-state index contributed by atoms with van der Waals surface area (Å²) >= 11 is 0. The van der Waals surface area contributed by atoms with Crippen LogP contribution in [0, 0.1) is 6.92 Å². The van der Waals surface area contributed by atoms with E-state index < -0.39 is 6.98 Å². The minimum atomic E-state index is -2.10. The second kappa shape index (κ2) is 2.53. The topological polar surface area (TPSA) is 12.0 Å². The molecule has 0 heterocycles. The summed E-state index contributed by atoms with van der Waals surface area (Å²) in [4.78, 5) is 0. The summed E-state index contributed by atoms with van der Waals surface area (Å²) < 4.78 is 20.8. The molecule has 0 amide bonds. The average molecular weight is 124 g/mol. The van der Waals surface area contributed by atoms with E-state index in [1.807, 2.05) is 19.1 Å². The van der Waals surface area contributed by atoms with Gasteiger partial charge < -0.3 is 5.32 Å². The average Bonchev–Trinajstić information content (AvgIpc) is 1.91. The highest BCUT2D eigenvalue weighted by Gasteiger charge is 1.83. The van der Waals surface area contributed by atoms with Crippen LogP contribution in [0.3, 0.4) is 0 Å². The number of nitrogens with one attached hydrogen (secondary N) is 1. The van der Waals surface area contributed by atoms with E-state index in [0.717, 1.165) is 5.56 Å². The molecule has 1 heteroatoms. The molecule has 0 unspecified atom stereocenters. The smallest absolute Gasteiger partial charge is 0.0453 e. The van der Waals surface area contributed by atoms with Crippen molar-refractivity contribution in [1.82, 2.24) is 0 Å². The van der Waals surface area contributed by atoms with Crippen LogP contribution < -0.4 is 5.32 Å². The van der Waals surface area contributed by atoms with Crippen LogP contribution in [0.25, 0.3) is 0 Å². The summed E-state index contributed by atoms with van der Waals surface area (Å²) in [7, 11) is 0. The third-order valence-corrected chi connectivity index (χ3v) is 1.20. The lowest BCUT2D eigenvalue weighted by atomic mass is 10.2. The molecule has 0 bridgehead atoms. The number of hydrogen-bond acceptors (Lipinski definition) is 1. The van der Waals surface area contributed by atoms with Gasteiger partial charge in [-0.3, -0.25) is 0 Å². The number of anilines is 1. The molecule has 0 saturated heterocycles. The van der Waals surface area contributed by atoms with Crippen molar-refractivity contribution in [3.8, 4) is 0 Å². The minimum absolute atomic E-state index is 0.626. The van der Waals surface area contributed by atoms with Crippen LogP contribution in [0.5, 0.6) is 0 Å². The van der Waals surface area contributed by atoms with E-state index in [4.69, 9.17) is 4.11 Å². The monoisotopic (exact) mass is 124 g/mol. The first kappa shape index (κ1) is 3.25. The van der Waals surface area contributed by atoms with Gasteiger partial charge in [0.15, 0.2) is 0 Å². The predicted molar refractivity (Wildman–Crippen MR) is 40.7 cm³/mol. The standard InChI is InChI=1S/C8H11N/c1-7-3-5-8(9-2)6-4-7/h3-6,9H,1-2H3/i2D3. The molecule has 0 aliphatic carbocycles. The lowest BCUT2D eigenvalue weighted by Crippen LogP contribution is -1.85. The third kappa shape index (κ3) is 1.46. The molecule has 0 saturated carbocycles. The fraction of sp³-hybridized carbons (Fsp3) is 0.250. The molecule has 0 atom stereocenters. The van der Waals surface area contributed by atoms with Gasteiger partial charge in [0.25, 0.3) is 0 Å². The normalized spacial score (nSPS) is 15.4. The summed E-state index contributed by atoms with van der Waals surface area (Å²) in [5.41, 5.74) is 1.74. The molecule has 0 fully saturated rings. The lowest BCUT2D eigenvalue weighted by Gasteiger charge is -1.97. The molecule has 1 aromatic rings. The van der Waals surface area contributed by atoms with Gasteiger partial charge >= 0.3 is 0 Å². The molecule has 1 rings (SSSR count). The maximum absolute atomic E-state index is 6.95. The first-order valence-electron chi connectivity index (χ1n) is 4.32. The van der Waals surface area contributed by atoms with Crippen molar-refractivity contribution < 1.29 is 4.11 Å². The lowest BCUT2D eigenvalue weighted by molar-refractivity contribution is 1.44. The van der Waals surface area contributed by atoms with Crippen LogP contribution >= 0.6 is 0 Å². The fourth-order valence-electron chi connectivity index (χ4n) is 0.637. The molecular weight excluding hydrogens is 110 g/mol. The van der Waals surface area contributed by atoms with Crippen molar-refractivity contribution in [2.45, 2.75) is 6.92 Å². The Kier molecular flexibility index (Phi) is 0.916. The van der Waals surface area contributed by atoms with E-state index in [9.17, 15) is 0 Å². The van der Waals surface area contributed by atoms with Crippen molar-refractivity contribution in [3.63, 3.8) is 0 Å². The van der Waals surface area contributed by atoms with Gasteiger partial charge in [0.05, 0.1) is 0 Å². The molecule has 0 spiro atoms. The number of benzene rings is 1. The van der Waals surface area contributed by atoms with E-state index in [-0.39, 0.29) is 0 Å². The Morgan fingerprint density at radius 3 is 2.56 bits per heavy atom. The van der Waals surface area contributed by atoms with Gasteiger partial charge in [-0.2, -0.15) is 0 Å². The quantitative estimate of drug-likeness (QED) is 0.604. The highest BCUT2D eigenvalue weighted by atomic mass is 14.8. The summed E-state index contributed by atoms with van der Waals surface area (Å²) in [5, 5.41) is 2.41. The third-order valence-electron chi connectivity index (χ3n) is 1.20. The van der Waals surface area contributed by atoms with Gasteiger partial charge in [-0.15, -0.1) is 0 Å². The Morgan fingerprint density at radius 1 is 1.33 bits per heavy atom. The van der Waals surface area contributed by atoms with Crippen LogP contribution in [-0.4, -0.2) is 6.98 Å². The second-order valence-electron chi connectivity index (χ2n) is 1.99. The summed E-state index contributed by atoms with van der Waals surface area (Å²) in [5.74, 6) is 0. The molecular formula is C8H11N. The Hall–Kier alpha value is -0.980. The first-order valence-corrected chi connectivity index (χ1v) is 2.82. The maximum Gasteiger partial charge on any atom is 0.0453 e. The van der Waals surface area contributed by atoms with Crippen molar-refractivity contribution in [3.05, 3.63) is 29.8 Å². The number of rotatable bonds is 1. The van der Waals surface area contributed by atoms with E-state index in [1.165, 1.54) is 0 Å². The Morgan fingerprint density at radius 2 is 2.00 bits per heavy atom. The molecule has 0 aromatic heterocycles. The minimum Gasteiger partial charge on any atom is -0.388 e. The highest BCUT2D eigenvalue weighted by Crippen LogP contribution is 2.06. The van der Waals surface area contributed by atoms with Crippen LogP contribution in [-0.2, 0) is 0 Å². The zero-order chi connectivity index (χ0) is 9.19. The molecule has 0 aliphatic rings. The summed E-state index contributed by atoms with van der Waals surface area (Å²) in [6.45, 7) is -0.144. The molecule has 0 aliphatic heterocycles.